The number of rotatable bonds is 3. The Kier molecular flexibility index (Phi) is 3.26. The number of amides is 1. The Bertz CT molecular complexity index is 597. The monoisotopic (exact) mass is 271 g/mol. The van der Waals surface area contributed by atoms with Crippen LogP contribution >= 0.6 is 11.6 Å². The summed E-state index contributed by atoms with van der Waals surface area (Å²) in [6, 6.07) is 17.4. The van der Waals surface area contributed by atoms with Gasteiger partial charge >= 0.3 is 0 Å². The Morgan fingerprint density at radius 3 is 2.63 bits per heavy atom. The van der Waals surface area contributed by atoms with Gasteiger partial charge in [0, 0.05) is 16.6 Å². The molecule has 1 N–H and O–H groups in total. The summed E-state index contributed by atoms with van der Waals surface area (Å²) in [5.74, 6) is 0.526. The van der Waals surface area contributed by atoms with Gasteiger partial charge in [0.2, 0.25) is 5.91 Å². The van der Waals surface area contributed by atoms with E-state index in [0.717, 1.165) is 12.1 Å². The highest BCUT2D eigenvalue weighted by Crippen LogP contribution is 2.47. The lowest BCUT2D eigenvalue weighted by Gasteiger charge is -2.05. The summed E-state index contributed by atoms with van der Waals surface area (Å²) >= 11 is 5.90. The minimum Gasteiger partial charge on any atom is -0.326 e. The van der Waals surface area contributed by atoms with Gasteiger partial charge in [0.15, 0.2) is 0 Å². The smallest absolute Gasteiger partial charge is 0.228 e. The molecule has 96 valence electrons. The number of hydrogen-bond acceptors (Lipinski definition) is 1. The molecule has 2 aromatic rings. The number of hydrogen-bond donors (Lipinski definition) is 1. The van der Waals surface area contributed by atoms with E-state index in [1.807, 2.05) is 30.3 Å². The summed E-state index contributed by atoms with van der Waals surface area (Å²) < 4.78 is 0. The SMILES string of the molecule is O=C(Nc1cccc(Cl)c1)[C@@H]1C[C@@H]1c1ccccc1. The zero-order chi connectivity index (χ0) is 13.2. The minimum atomic E-state index is 0.0797. The van der Waals surface area contributed by atoms with Crippen molar-refractivity contribution < 1.29 is 4.79 Å². The van der Waals surface area contributed by atoms with Gasteiger partial charge in [0.1, 0.15) is 0 Å². The van der Waals surface area contributed by atoms with E-state index in [2.05, 4.69) is 17.4 Å². The molecule has 1 aliphatic rings. The van der Waals surface area contributed by atoms with Crippen LogP contribution in [0.1, 0.15) is 17.9 Å². The second-order valence-electron chi connectivity index (χ2n) is 4.86. The second-order valence-corrected chi connectivity index (χ2v) is 5.30. The maximum Gasteiger partial charge on any atom is 0.228 e. The third kappa shape index (κ3) is 2.79. The number of anilines is 1. The van der Waals surface area contributed by atoms with Crippen LogP contribution in [0.4, 0.5) is 5.69 Å². The van der Waals surface area contributed by atoms with Crippen molar-refractivity contribution in [2.24, 2.45) is 5.92 Å². The van der Waals surface area contributed by atoms with Crippen LogP contribution in [-0.4, -0.2) is 5.91 Å². The van der Waals surface area contributed by atoms with Gasteiger partial charge in [-0.1, -0.05) is 48.0 Å². The summed E-state index contributed by atoms with van der Waals surface area (Å²) in [6.07, 6.45) is 0.927. The third-order valence-electron chi connectivity index (χ3n) is 3.45. The van der Waals surface area contributed by atoms with E-state index in [9.17, 15) is 4.79 Å². The molecule has 0 heterocycles. The molecule has 0 spiro atoms. The fourth-order valence-corrected chi connectivity index (χ4v) is 2.54. The van der Waals surface area contributed by atoms with Crippen molar-refractivity contribution in [3.63, 3.8) is 0 Å². The predicted octanol–water partition coefficient (Wildman–Crippen LogP) is 4.08. The lowest BCUT2D eigenvalue weighted by molar-refractivity contribution is -0.117. The molecular weight excluding hydrogens is 258 g/mol. The summed E-state index contributed by atoms with van der Waals surface area (Å²) in [7, 11) is 0. The van der Waals surface area contributed by atoms with Gasteiger partial charge in [-0.05, 0) is 36.1 Å². The van der Waals surface area contributed by atoms with Crippen LogP contribution in [0.3, 0.4) is 0 Å². The van der Waals surface area contributed by atoms with E-state index in [1.54, 1.807) is 12.1 Å². The molecule has 2 atom stereocenters. The van der Waals surface area contributed by atoms with Crippen molar-refractivity contribution >= 4 is 23.2 Å². The fourth-order valence-electron chi connectivity index (χ4n) is 2.35. The van der Waals surface area contributed by atoms with Crippen LogP contribution in [0.25, 0.3) is 0 Å². The van der Waals surface area contributed by atoms with Crippen molar-refractivity contribution in [2.45, 2.75) is 12.3 Å². The molecule has 1 saturated carbocycles. The molecule has 1 fully saturated rings. The normalized spacial score (nSPS) is 20.9. The first-order chi connectivity index (χ1) is 9.24. The van der Waals surface area contributed by atoms with Crippen LogP contribution in [0.2, 0.25) is 5.02 Å². The maximum atomic E-state index is 12.1. The Labute approximate surface area is 117 Å². The topological polar surface area (TPSA) is 29.1 Å². The molecule has 2 aromatic carbocycles. The van der Waals surface area contributed by atoms with E-state index >= 15 is 0 Å². The van der Waals surface area contributed by atoms with Gasteiger partial charge < -0.3 is 5.32 Å². The van der Waals surface area contributed by atoms with Gasteiger partial charge in [-0.25, -0.2) is 0 Å². The Hall–Kier alpha value is -1.80. The number of halogens is 1. The number of carbonyl (C=O) groups excluding carboxylic acids is 1. The summed E-state index contributed by atoms with van der Waals surface area (Å²) in [5.41, 5.74) is 2.00. The molecule has 0 aliphatic heterocycles. The summed E-state index contributed by atoms with van der Waals surface area (Å²) in [5, 5.41) is 3.55. The first kappa shape index (κ1) is 12.2. The average molecular weight is 272 g/mol. The second kappa shape index (κ2) is 5.06. The quantitative estimate of drug-likeness (QED) is 0.895. The molecule has 19 heavy (non-hydrogen) atoms. The van der Waals surface area contributed by atoms with E-state index in [0.29, 0.717) is 10.9 Å². The van der Waals surface area contributed by atoms with Crippen molar-refractivity contribution in [3.05, 3.63) is 65.2 Å². The number of benzene rings is 2. The Balaban J connectivity index is 1.64. The van der Waals surface area contributed by atoms with Crippen LogP contribution in [-0.2, 0) is 4.79 Å². The van der Waals surface area contributed by atoms with Gasteiger partial charge in [0.05, 0.1) is 0 Å². The fraction of sp³-hybridized carbons (Fsp3) is 0.188. The van der Waals surface area contributed by atoms with Crippen LogP contribution in [0, 0.1) is 5.92 Å². The summed E-state index contributed by atoms with van der Waals surface area (Å²) in [6.45, 7) is 0. The van der Waals surface area contributed by atoms with Crippen LogP contribution in [0.15, 0.2) is 54.6 Å². The average Bonchev–Trinajstić information content (AvgIpc) is 3.20. The van der Waals surface area contributed by atoms with Crippen molar-refractivity contribution in [1.82, 2.24) is 0 Å². The molecule has 2 nitrogen and oxygen atoms in total. The minimum absolute atomic E-state index is 0.0797. The largest absolute Gasteiger partial charge is 0.326 e. The molecule has 1 amide bonds. The highest BCUT2D eigenvalue weighted by Gasteiger charge is 2.43. The van der Waals surface area contributed by atoms with Crippen LogP contribution in [0.5, 0.6) is 0 Å². The first-order valence-corrected chi connectivity index (χ1v) is 6.73. The van der Waals surface area contributed by atoms with Gasteiger partial charge in [0.25, 0.3) is 0 Å². The molecule has 0 unspecified atom stereocenters. The van der Waals surface area contributed by atoms with Gasteiger partial charge in [-0.15, -0.1) is 0 Å². The van der Waals surface area contributed by atoms with Crippen molar-refractivity contribution in [3.8, 4) is 0 Å². The zero-order valence-electron chi connectivity index (χ0n) is 10.3. The highest BCUT2D eigenvalue weighted by molar-refractivity contribution is 6.30. The van der Waals surface area contributed by atoms with E-state index in [1.165, 1.54) is 5.56 Å². The first-order valence-electron chi connectivity index (χ1n) is 6.35. The summed E-state index contributed by atoms with van der Waals surface area (Å²) in [4.78, 5) is 12.1. The van der Waals surface area contributed by atoms with Crippen LogP contribution < -0.4 is 5.32 Å². The Morgan fingerprint density at radius 2 is 1.89 bits per heavy atom. The molecule has 0 saturated heterocycles. The van der Waals surface area contributed by atoms with Gasteiger partial charge in [-0.3, -0.25) is 4.79 Å². The van der Waals surface area contributed by atoms with E-state index in [-0.39, 0.29) is 11.8 Å². The van der Waals surface area contributed by atoms with Crippen molar-refractivity contribution in [1.29, 1.82) is 0 Å². The Morgan fingerprint density at radius 1 is 1.11 bits per heavy atom. The molecule has 1 aliphatic carbocycles. The molecule has 0 bridgehead atoms. The zero-order valence-corrected chi connectivity index (χ0v) is 11.1. The molecule has 3 rings (SSSR count). The third-order valence-corrected chi connectivity index (χ3v) is 3.68. The standard InChI is InChI=1S/C16H14ClNO/c17-12-7-4-8-13(9-12)18-16(19)15-10-14(15)11-5-2-1-3-6-11/h1-9,14-15H,10H2,(H,18,19)/t14-,15-/m1/s1. The molecule has 0 aromatic heterocycles. The predicted molar refractivity (Wildman–Crippen MR) is 77.4 cm³/mol. The number of carbonyl (C=O) groups is 1. The molecular formula is C16H14ClNO. The van der Waals surface area contributed by atoms with Crippen molar-refractivity contribution in [2.75, 3.05) is 5.32 Å². The van der Waals surface area contributed by atoms with E-state index < -0.39 is 0 Å². The maximum absolute atomic E-state index is 12.1. The lowest BCUT2D eigenvalue weighted by Crippen LogP contribution is -2.14. The van der Waals surface area contributed by atoms with E-state index in [4.69, 9.17) is 11.6 Å². The van der Waals surface area contributed by atoms with Gasteiger partial charge in [-0.2, -0.15) is 0 Å². The molecule has 3 heteroatoms. The molecule has 0 radical (unpaired) electrons. The highest BCUT2D eigenvalue weighted by atomic mass is 35.5. The lowest BCUT2D eigenvalue weighted by atomic mass is 10.1. The number of nitrogens with one attached hydrogen (secondary N) is 1.